The second-order valence-electron chi connectivity index (χ2n) is 4.18. The topological polar surface area (TPSA) is 48.0 Å². The van der Waals surface area contributed by atoms with E-state index in [4.69, 9.17) is 5.73 Å². The van der Waals surface area contributed by atoms with Gasteiger partial charge in [0.1, 0.15) is 5.69 Å². The van der Waals surface area contributed by atoms with E-state index >= 15 is 0 Å². The number of nitrogen functional groups attached to an aromatic ring is 1. The second kappa shape index (κ2) is 5.32. The summed E-state index contributed by atoms with van der Waals surface area (Å²) in [6.07, 6.45) is -4.58. The van der Waals surface area contributed by atoms with Crippen molar-refractivity contribution in [3.8, 4) is 0 Å². The molecule has 0 aliphatic rings. The van der Waals surface area contributed by atoms with Crippen LogP contribution in [-0.4, -0.2) is 4.57 Å². The zero-order valence-electron chi connectivity index (χ0n) is 10.1. The van der Waals surface area contributed by atoms with Crippen molar-refractivity contribution < 1.29 is 13.2 Å². The van der Waals surface area contributed by atoms with Gasteiger partial charge in [0.05, 0.1) is 6.54 Å². The molecular weight excluding hydrogens is 337 g/mol. The highest BCUT2D eigenvalue weighted by Gasteiger charge is 2.34. The number of aromatic nitrogens is 1. The van der Waals surface area contributed by atoms with Crippen LogP contribution in [0.25, 0.3) is 0 Å². The molecular formula is C13H10BrF3N2O. The van der Waals surface area contributed by atoms with Crippen LogP contribution in [0.15, 0.2) is 45.7 Å². The number of hydrogen-bond acceptors (Lipinski definition) is 2. The molecule has 0 unspecified atom stereocenters. The molecule has 2 rings (SSSR count). The van der Waals surface area contributed by atoms with Crippen LogP contribution in [0.3, 0.4) is 0 Å². The first-order valence-electron chi connectivity index (χ1n) is 5.60. The van der Waals surface area contributed by atoms with E-state index in [2.05, 4.69) is 15.9 Å². The highest BCUT2D eigenvalue weighted by molar-refractivity contribution is 9.10. The van der Waals surface area contributed by atoms with E-state index in [1.165, 1.54) is 0 Å². The molecule has 2 N–H and O–H groups in total. The highest BCUT2D eigenvalue weighted by atomic mass is 79.9. The van der Waals surface area contributed by atoms with Gasteiger partial charge >= 0.3 is 6.18 Å². The third-order valence-electron chi connectivity index (χ3n) is 2.75. The summed E-state index contributed by atoms with van der Waals surface area (Å²) in [5, 5.41) is 0. The van der Waals surface area contributed by atoms with Crippen molar-refractivity contribution in [1.82, 2.24) is 4.57 Å². The number of pyridine rings is 1. The van der Waals surface area contributed by atoms with Crippen LogP contribution in [0.5, 0.6) is 0 Å². The van der Waals surface area contributed by atoms with E-state index in [0.29, 0.717) is 20.3 Å². The molecule has 0 bridgehead atoms. The fraction of sp³-hybridized carbons (Fsp3) is 0.154. The molecule has 0 saturated heterocycles. The number of nitrogens with zero attached hydrogens (tertiary/aromatic N) is 1. The Bertz CT molecular complexity index is 695. The largest absolute Gasteiger partial charge is 0.431 e. The maximum Gasteiger partial charge on any atom is 0.431 e. The summed E-state index contributed by atoms with van der Waals surface area (Å²) in [4.78, 5) is 11.7. The predicted molar refractivity (Wildman–Crippen MR) is 73.4 cm³/mol. The zero-order chi connectivity index (χ0) is 14.9. The predicted octanol–water partition coefficient (Wildman–Crippen LogP) is 3.26. The smallest absolute Gasteiger partial charge is 0.399 e. The van der Waals surface area contributed by atoms with Crippen LogP contribution in [0.4, 0.5) is 18.9 Å². The fourth-order valence-corrected chi connectivity index (χ4v) is 2.31. The summed E-state index contributed by atoms with van der Waals surface area (Å²) >= 11 is 3.23. The lowest BCUT2D eigenvalue weighted by Crippen LogP contribution is -2.27. The van der Waals surface area contributed by atoms with Gasteiger partial charge in [0, 0.05) is 16.2 Å². The third kappa shape index (κ3) is 3.04. The van der Waals surface area contributed by atoms with Gasteiger partial charge in [0.2, 0.25) is 0 Å². The van der Waals surface area contributed by atoms with Crippen LogP contribution >= 0.6 is 15.9 Å². The summed E-state index contributed by atoms with van der Waals surface area (Å²) in [6, 6.07) is 7.81. The molecule has 1 heterocycles. The van der Waals surface area contributed by atoms with Gasteiger partial charge in [0.15, 0.2) is 0 Å². The number of rotatable bonds is 2. The Morgan fingerprint density at radius 3 is 2.50 bits per heavy atom. The highest BCUT2D eigenvalue weighted by Crippen LogP contribution is 2.29. The molecule has 2 aromatic rings. The number of anilines is 1. The molecule has 0 spiro atoms. The quantitative estimate of drug-likeness (QED) is 0.848. The molecule has 0 atom stereocenters. The molecule has 0 radical (unpaired) electrons. The van der Waals surface area contributed by atoms with Gasteiger partial charge in [-0.2, -0.15) is 13.2 Å². The average molecular weight is 347 g/mol. The normalized spacial score (nSPS) is 11.6. The van der Waals surface area contributed by atoms with Crippen molar-refractivity contribution in [3.63, 3.8) is 0 Å². The molecule has 3 nitrogen and oxygen atoms in total. The van der Waals surface area contributed by atoms with Gasteiger partial charge in [-0.1, -0.05) is 28.1 Å². The second-order valence-corrected chi connectivity index (χ2v) is 5.04. The average Bonchev–Trinajstić information content (AvgIpc) is 2.33. The Hall–Kier alpha value is -1.76. The Balaban J connectivity index is 2.51. The lowest BCUT2D eigenvalue weighted by molar-refractivity contribution is -0.144. The van der Waals surface area contributed by atoms with Crippen molar-refractivity contribution in [1.29, 1.82) is 0 Å². The first-order chi connectivity index (χ1) is 9.29. The molecule has 0 aliphatic heterocycles. The maximum atomic E-state index is 12.9. The van der Waals surface area contributed by atoms with Crippen LogP contribution in [0, 0.1) is 0 Å². The molecule has 106 valence electrons. The molecule has 0 aliphatic carbocycles. The fourth-order valence-electron chi connectivity index (χ4n) is 1.79. The Kier molecular flexibility index (Phi) is 3.89. The van der Waals surface area contributed by atoms with Crippen molar-refractivity contribution in [3.05, 3.63) is 62.5 Å². The van der Waals surface area contributed by atoms with Crippen molar-refractivity contribution in [2.75, 3.05) is 5.73 Å². The van der Waals surface area contributed by atoms with Crippen LogP contribution in [0.1, 0.15) is 11.3 Å². The van der Waals surface area contributed by atoms with Gasteiger partial charge in [-0.3, -0.25) is 9.36 Å². The summed E-state index contributed by atoms with van der Waals surface area (Å²) in [5.74, 6) is 0. The van der Waals surface area contributed by atoms with Crippen molar-refractivity contribution in [2.45, 2.75) is 12.7 Å². The number of hydrogen-bond donors (Lipinski definition) is 1. The van der Waals surface area contributed by atoms with Crippen molar-refractivity contribution >= 4 is 21.6 Å². The molecule has 0 fully saturated rings. The third-order valence-corrected chi connectivity index (χ3v) is 3.48. The number of nitrogens with two attached hydrogens (primary N) is 1. The minimum absolute atomic E-state index is 0.185. The molecule has 1 aromatic heterocycles. The van der Waals surface area contributed by atoms with Crippen molar-refractivity contribution in [2.24, 2.45) is 0 Å². The minimum Gasteiger partial charge on any atom is -0.399 e. The molecule has 20 heavy (non-hydrogen) atoms. The van der Waals surface area contributed by atoms with Gasteiger partial charge in [-0.25, -0.2) is 0 Å². The van der Waals surface area contributed by atoms with Crippen LogP contribution in [-0.2, 0) is 12.7 Å². The lowest BCUT2D eigenvalue weighted by Gasteiger charge is -2.15. The van der Waals surface area contributed by atoms with Crippen LogP contribution in [0.2, 0.25) is 0 Å². The van der Waals surface area contributed by atoms with E-state index in [-0.39, 0.29) is 6.54 Å². The lowest BCUT2D eigenvalue weighted by atomic mass is 10.2. The summed E-state index contributed by atoms with van der Waals surface area (Å²) < 4.78 is 40.0. The summed E-state index contributed by atoms with van der Waals surface area (Å²) in [6.45, 7) is -0.185. The maximum absolute atomic E-state index is 12.9. The zero-order valence-corrected chi connectivity index (χ0v) is 11.7. The number of halogens is 4. The molecule has 7 heteroatoms. The van der Waals surface area contributed by atoms with E-state index in [9.17, 15) is 18.0 Å². The number of alkyl halides is 3. The van der Waals surface area contributed by atoms with E-state index < -0.39 is 17.4 Å². The summed E-state index contributed by atoms with van der Waals surface area (Å²) in [5.41, 5.74) is 4.91. The van der Waals surface area contributed by atoms with Gasteiger partial charge in [-0.15, -0.1) is 0 Å². The van der Waals surface area contributed by atoms with E-state index in [0.717, 1.165) is 18.2 Å². The SMILES string of the molecule is Nc1ccc(Cn2c(C(F)(F)F)cccc2=O)c(Br)c1. The first kappa shape index (κ1) is 14.6. The van der Waals surface area contributed by atoms with E-state index in [1.807, 2.05) is 0 Å². The van der Waals surface area contributed by atoms with E-state index in [1.54, 1.807) is 18.2 Å². The first-order valence-corrected chi connectivity index (χ1v) is 6.39. The monoisotopic (exact) mass is 346 g/mol. The Labute approximate surface area is 121 Å². The van der Waals surface area contributed by atoms with Crippen LogP contribution < -0.4 is 11.3 Å². The van der Waals surface area contributed by atoms with Gasteiger partial charge < -0.3 is 5.73 Å². The Morgan fingerprint density at radius 2 is 1.90 bits per heavy atom. The minimum atomic E-state index is -4.58. The molecule has 0 amide bonds. The molecule has 1 aromatic carbocycles. The number of benzene rings is 1. The standard InChI is InChI=1S/C13H10BrF3N2O/c14-10-6-9(18)5-4-8(10)7-19-11(13(15,16)17)2-1-3-12(19)20/h1-6H,7,18H2. The Morgan fingerprint density at radius 1 is 1.20 bits per heavy atom. The molecule has 0 saturated carbocycles. The van der Waals surface area contributed by atoms with Gasteiger partial charge in [-0.05, 0) is 23.8 Å². The van der Waals surface area contributed by atoms with Gasteiger partial charge in [0.25, 0.3) is 5.56 Å². The summed E-state index contributed by atoms with van der Waals surface area (Å²) in [7, 11) is 0.